The Balaban J connectivity index is 2.47. The minimum absolute atomic E-state index is 0.0260. The summed E-state index contributed by atoms with van der Waals surface area (Å²) in [6, 6.07) is 5.90. The Morgan fingerprint density at radius 1 is 1.33 bits per heavy atom. The number of rotatable bonds is 4. The highest BCUT2D eigenvalue weighted by atomic mass is 79.9. The quantitative estimate of drug-likeness (QED) is 0.893. The maximum Gasteiger partial charge on any atom is 0.225 e. The summed E-state index contributed by atoms with van der Waals surface area (Å²) in [6.07, 6.45) is 0.470. The highest BCUT2D eigenvalue weighted by Gasteiger charge is 2.10. The van der Waals surface area contributed by atoms with Crippen LogP contribution in [-0.2, 0) is 4.79 Å². The van der Waals surface area contributed by atoms with E-state index >= 15 is 0 Å². The first kappa shape index (κ1) is 15.2. The molecule has 0 spiro atoms. The van der Waals surface area contributed by atoms with E-state index in [-0.39, 0.29) is 11.4 Å². The smallest absolute Gasteiger partial charge is 0.225 e. The number of hydrogen-bond acceptors (Lipinski definition) is 2. The molecule has 0 bridgehead atoms. The molecule has 18 heavy (non-hydrogen) atoms. The Hall–Kier alpha value is -0.870. The third-order valence-electron chi connectivity index (χ3n) is 2.40. The summed E-state index contributed by atoms with van der Waals surface area (Å²) in [6.45, 7) is 8.94. The van der Waals surface area contributed by atoms with Crippen LogP contribution in [0.2, 0.25) is 0 Å². The summed E-state index contributed by atoms with van der Waals surface area (Å²) in [7, 11) is 0. The lowest BCUT2D eigenvalue weighted by atomic mass is 10.1. The van der Waals surface area contributed by atoms with E-state index in [0.29, 0.717) is 13.0 Å². The van der Waals surface area contributed by atoms with Crippen LogP contribution in [0.5, 0.6) is 0 Å². The molecule has 0 fully saturated rings. The first-order valence-corrected chi connectivity index (χ1v) is 6.88. The van der Waals surface area contributed by atoms with Crippen molar-refractivity contribution in [1.82, 2.24) is 5.32 Å². The zero-order valence-electron chi connectivity index (χ0n) is 11.4. The second-order valence-corrected chi connectivity index (χ2v) is 6.31. The Kier molecular flexibility index (Phi) is 5.35. The Morgan fingerprint density at radius 3 is 2.61 bits per heavy atom. The number of anilines is 1. The van der Waals surface area contributed by atoms with Crippen molar-refractivity contribution in [3.05, 3.63) is 28.2 Å². The van der Waals surface area contributed by atoms with Crippen LogP contribution < -0.4 is 10.6 Å². The first-order valence-electron chi connectivity index (χ1n) is 6.09. The molecule has 100 valence electrons. The summed E-state index contributed by atoms with van der Waals surface area (Å²) in [5.41, 5.74) is 2.00. The lowest BCUT2D eigenvalue weighted by Gasteiger charge is -2.20. The second-order valence-electron chi connectivity index (χ2n) is 5.46. The fourth-order valence-electron chi connectivity index (χ4n) is 1.50. The number of benzene rings is 1. The van der Waals surface area contributed by atoms with E-state index in [9.17, 15) is 4.79 Å². The van der Waals surface area contributed by atoms with Crippen molar-refractivity contribution in [2.75, 3.05) is 11.9 Å². The van der Waals surface area contributed by atoms with E-state index < -0.39 is 0 Å². The molecule has 3 nitrogen and oxygen atoms in total. The number of carbonyl (C=O) groups excluding carboxylic acids is 1. The Bertz CT molecular complexity index is 424. The first-order chi connectivity index (χ1) is 8.28. The van der Waals surface area contributed by atoms with Gasteiger partial charge in [0.1, 0.15) is 0 Å². The third-order valence-corrected chi connectivity index (χ3v) is 3.09. The van der Waals surface area contributed by atoms with E-state index in [1.807, 2.05) is 25.1 Å². The number of aryl methyl sites for hydroxylation is 1. The van der Waals surface area contributed by atoms with Gasteiger partial charge in [-0.25, -0.2) is 0 Å². The molecule has 0 atom stereocenters. The molecule has 0 radical (unpaired) electrons. The van der Waals surface area contributed by atoms with Crippen molar-refractivity contribution in [3.63, 3.8) is 0 Å². The van der Waals surface area contributed by atoms with Gasteiger partial charge in [0.05, 0.1) is 5.69 Å². The maximum absolute atomic E-state index is 11.8. The van der Waals surface area contributed by atoms with Crippen LogP contribution in [0, 0.1) is 6.92 Å². The number of carbonyl (C=O) groups is 1. The van der Waals surface area contributed by atoms with Crippen LogP contribution in [-0.4, -0.2) is 18.0 Å². The summed E-state index contributed by atoms with van der Waals surface area (Å²) in [5, 5.41) is 6.20. The molecule has 4 heteroatoms. The topological polar surface area (TPSA) is 41.1 Å². The molecule has 1 aromatic rings. The molecule has 0 aliphatic carbocycles. The molecule has 0 aromatic heterocycles. The highest BCUT2D eigenvalue weighted by molar-refractivity contribution is 9.10. The van der Waals surface area contributed by atoms with Crippen LogP contribution in [0.1, 0.15) is 32.8 Å². The molecule has 0 aliphatic heterocycles. The van der Waals surface area contributed by atoms with Crippen LogP contribution in [0.15, 0.2) is 22.7 Å². The van der Waals surface area contributed by atoms with Gasteiger partial charge in [-0.3, -0.25) is 4.79 Å². The molecule has 1 aromatic carbocycles. The van der Waals surface area contributed by atoms with Gasteiger partial charge in [-0.1, -0.05) is 6.07 Å². The fraction of sp³-hybridized carbons (Fsp3) is 0.500. The second kappa shape index (κ2) is 6.34. The van der Waals surface area contributed by atoms with Gasteiger partial charge in [0, 0.05) is 23.0 Å². The predicted molar refractivity (Wildman–Crippen MR) is 79.9 cm³/mol. The Labute approximate surface area is 117 Å². The molecular weight excluding hydrogens is 292 g/mol. The predicted octanol–water partition coefficient (Wildman–Crippen LogP) is 3.47. The SMILES string of the molecule is Cc1ccc(Br)c(NC(=O)CCNC(C)(C)C)c1. The summed E-state index contributed by atoms with van der Waals surface area (Å²) >= 11 is 3.43. The summed E-state index contributed by atoms with van der Waals surface area (Å²) in [5.74, 6) is 0.0260. The lowest BCUT2D eigenvalue weighted by molar-refractivity contribution is -0.116. The molecular formula is C14H21BrN2O. The van der Waals surface area contributed by atoms with Crippen LogP contribution in [0.3, 0.4) is 0 Å². The molecule has 0 saturated heterocycles. The van der Waals surface area contributed by atoms with Crippen molar-refractivity contribution >= 4 is 27.5 Å². The molecule has 0 aliphatic rings. The minimum atomic E-state index is 0.0260. The number of amides is 1. The van der Waals surface area contributed by atoms with E-state index in [0.717, 1.165) is 15.7 Å². The van der Waals surface area contributed by atoms with Gasteiger partial charge in [0.25, 0.3) is 0 Å². The number of nitrogens with one attached hydrogen (secondary N) is 2. The average Bonchev–Trinajstić information content (AvgIpc) is 2.21. The van der Waals surface area contributed by atoms with E-state index in [1.165, 1.54) is 0 Å². The van der Waals surface area contributed by atoms with Gasteiger partial charge in [0.2, 0.25) is 5.91 Å². The number of halogens is 1. The molecule has 1 rings (SSSR count). The number of hydrogen-bond donors (Lipinski definition) is 2. The molecule has 0 heterocycles. The highest BCUT2D eigenvalue weighted by Crippen LogP contribution is 2.23. The van der Waals surface area contributed by atoms with Crippen molar-refractivity contribution in [2.24, 2.45) is 0 Å². The van der Waals surface area contributed by atoms with Crippen molar-refractivity contribution < 1.29 is 4.79 Å². The third kappa shape index (κ3) is 5.65. The van der Waals surface area contributed by atoms with Crippen molar-refractivity contribution in [3.8, 4) is 0 Å². The zero-order chi connectivity index (χ0) is 13.8. The van der Waals surface area contributed by atoms with E-state index in [1.54, 1.807) is 0 Å². The van der Waals surface area contributed by atoms with Crippen molar-refractivity contribution in [1.29, 1.82) is 0 Å². The summed E-state index contributed by atoms with van der Waals surface area (Å²) < 4.78 is 0.908. The van der Waals surface area contributed by atoms with Crippen LogP contribution in [0.25, 0.3) is 0 Å². The molecule has 2 N–H and O–H groups in total. The monoisotopic (exact) mass is 312 g/mol. The van der Waals surface area contributed by atoms with Crippen molar-refractivity contribution in [2.45, 2.75) is 39.7 Å². The molecule has 0 saturated carbocycles. The standard InChI is InChI=1S/C14H21BrN2O/c1-10-5-6-11(15)12(9-10)17-13(18)7-8-16-14(2,3)4/h5-6,9,16H,7-8H2,1-4H3,(H,17,18). The summed E-state index contributed by atoms with van der Waals surface area (Å²) in [4.78, 5) is 11.8. The minimum Gasteiger partial charge on any atom is -0.325 e. The lowest BCUT2D eigenvalue weighted by Crippen LogP contribution is -2.37. The van der Waals surface area contributed by atoms with E-state index in [2.05, 4.69) is 47.3 Å². The van der Waals surface area contributed by atoms with Crippen LogP contribution in [0.4, 0.5) is 5.69 Å². The average molecular weight is 313 g/mol. The van der Waals surface area contributed by atoms with E-state index in [4.69, 9.17) is 0 Å². The van der Waals surface area contributed by atoms with Crippen LogP contribution >= 0.6 is 15.9 Å². The van der Waals surface area contributed by atoms with Gasteiger partial charge in [-0.15, -0.1) is 0 Å². The van der Waals surface area contributed by atoms with Gasteiger partial charge in [-0.2, -0.15) is 0 Å². The molecule has 1 amide bonds. The van der Waals surface area contributed by atoms with Gasteiger partial charge >= 0.3 is 0 Å². The van der Waals surface area contributed by atoms with Gasteiger partial charge < -0.3 is 10.6 Å². The van der Waals surface area contributed by atoms with Gasteiger partial charge in [-0.05, 0) is 61.3 Å². The maximum atomic E-state index is 11.8. The molecule has 0 unspecified atom stereocenters. The fourth-order valence-corrected chi connectivity index (χ4v) is 1.84. The zero-order valence-corrected chi connectivity index (χ0v) is 13.0. The largest absolute Gasteiger partial charge is 0.325 e. The Morgan fingerprint density at radius 2 is 2.00 bits per heavy atom. The normalized spacial score (nSPS) is 11.4. The van der Waals surface area contributed by atoms with Gasteiger partial charge in [0.15, 0.2) is 0 Å².